The first-order chi connectivity index (χ1) is 16.8. The molecule has 0 bridgehead atoms. The van der Waals surface area contributed by atoms with Crippen molar-refractivity contribution in [3.8, 4) is 0 Å². The fourth-order valence-electron chi connectivity index (χ4n) is 5.45. The maximum absolute atomic E-state index is 2.65. The van der Waals surface area contributed by atoms with Gasteiger partial charge in [0.1, 0.15) is 6.17 Å². The van der Waals surface area contributed by atoms with Crippen LogP contribution in [0.4, 0.5) is 0 Å². The van der Waals surface area contributed by atoms with E-state index in [0.717, 1.165) is 0 Å². The van der Waals surface area contributed by atoms with Crippen molar-refractivity contribution in [2.75, 3.05) is 13.1 Å². The number of hydrogen-bond acceptors (Lipinski definition) is 2. The second-order valence-electron chi connectivity index (χ2n) is 11.1. The zero-order chi connectivity index (χ0) is 24.5. The summed E-state index contributed by atoms with van der Waals surface area (Å²) in [7, 11) is 0. The molecule has 0 aromatic rings. The van der Waals surface area contributed by atoms with E-state index in [-0.39, 0.29) is 0 Å². The molecule has 0 aromatic heterocycles. The summed E-state index contributed by atoms with van der Waals surface area (Å²) in [6.07, 6.45) is 39.6. The first-order valence-electron chi connectivity index (χ1n) is 16.0. The van der Waals surface area contributed by atoms with E-state index in [1.807, 2.05) is 0 Å². The van der Waals surface area contributed by atoms with Gasteiger partial charge in [0, 0.05) is 25.5 Å². The molecule has 1 heterocycles. The summed E-state index contributed by atoms with van der Waals surface area (Å²) in [6, 6.07) is 0. The summed E-state index contributed by atoms with van der Waals surface area (Å²) in [5.41, 5.74) is 0. The molecule has 0 amide bonds. The number of unbranched alkanes of at least 4 members (excludes halogenated alkanes) is 20. The van der Waals surface area contributed by atoms with Crippen molar-refractivity contribution >= 4 is 0 Å². The molecule has 202 valence electrons. The average Bonchev–Trinajstić information content (AvgIpc) is 3.23. The summed E-state index contributed by atoms with van der Waals surface area (Å²) >= 11 is 0. The van der Waals surface area contributed by atoms with Crippen molar-refractivity contribution in [2.45, 2.75) is 181 Å². The lowest BCUT2D eigenvalue weighted by Gasteiger charge is -2.33. The Morgan fingerprint density at radius 1 is 0.382 bits per heavy atom. The molecular weight excluding hydrogens is 412 g/mol. The summed E-state index contributed by atoms with van der Waals surface area (Å²) in [6.45, 7) is 9.42. The number of rotatable bonds is 26. The first kappa shape index (κ1) is 31.4. The average molecular weight is 477 g/mol. The largest absolute Gasteiger partial charge is 0.356 e. The van der Waals surface area contributed by atoms with Crippen LogP contribution in [0, 0.1) is 0 Å². The Balaban J connectivity index is 1.97. The van der Waals surface area contributed by atoms with Gasteiger partial charge in [-0.25, -0.2) is 0 Å². The van der Waals surface area contributed by atoms with E-state index >= 15 is 0 Å². The molecule has 0 aliphatic carbocycles. The minimum atomic E-state index is 0.643. The van der Waals surface area contributed by atoms with Crippen LogP contribution in [0.5, 0.6) is 0 Å². The van der Waals surface area contributed by atoms with E-state index in [9.17, 15) is 0 Å². The maximum Gasteiger partial charge on any atom is 0.101 e. The second kappa shape index (κ2) is 24.1. The van der Waals surface area contributed by atoms with Crippen molar-refractivity contribution in [1.82, 2.24) is 9.80 Å². The SMILES string of the molecule is CCCCCCCCCCCCCCCCCCCC1N(CCCC)C=CN1CCCCCC. The van der Waals surface area contributed by atoms with E-state index in [4.69, 9.17) is 0 Å². The van der Waals surface area contributed by atoms with Crippen molar-refractivity contribution in [1.29, 1.82) is 0 Å². The van der Waals surface area contributed by atoms with Crippen LogP contribution in [0.3, 0.4) is 0 Å². The summed E-state index contributed by atoms with van der Waals surface area (Å²) in [5.74, 6) is 0. The molecule has 2 nitrogen and oxygen atoms in total. The highest BCUT2D eigenvalue weighted by Gasteiger charge is 2.24. The molecule has 2 heteroatoms. The molecule has 0 spiro atoms. The lowest BCUT2D eigenvalue weighted by molar-refractivity contribution is 0.136. The Morgan fingerprint density at radius 2 is 0.706 bits per heavy atom. The number of nitrogens with zero attached hydrogens (tertiary/aromatic N) is 2. The topological polar surface area (TPSA) is 6.48 Å². The lowest BCUT2D eigenvalue weighted by atomic mass is 10.0. The van der Waals surface area contributed by atoms with E-state index in [1.165, 1.54) is 167 Å². The smallest absolute Gasteiger partial charge is 0.101 e. The predicted molar refractivity (Wildman–Crippen MR) is 154 cm³/mol. The van der Waals surface area contributed by atoms with Crippen molar-refractivity contribution in [3.63, 3.8) is 0 Å². The van der Waals surface area contributed by atoms with Gasteiger partial charge in [0.2, 0.25) is 0 Å². The molecular formula is C32H64N2. The van der Waals surface area contributed by atoms with Crippen molar-refractivity contribution in [2.24, 2.45) is 0 Å². The minimum Gasteiger partial charge on any atom is -0.356 e. The van der Waals surface area contributed by atoms with Gasteiger partial charge in [0.15, 0.2) is 0 Å². The van der Waals surface area contributed by atoms with Crippen LogP contribution in [0.15, 0.2) is 12.4 Å². The van der Waals surface area contributed by atoms with Crippen LogP contribution in [-0.4, -0.2) is 29.1 Å². The molecule has 34 heavy (non-hydrogen) atoms. The quantitative estimate of drug-likeness (QED) is 0.114. The normalized spacial score (nSPS) is 15.7. The van der Waals surface area contributed by atoms with Gasteiger partial charge in [-0.2, -0.15) is 0 Å². The van der Waals surface area contributed by atoms with Crippen LogP contribution in [0.25, 0.3) is 0 Å². The van der Waals surface area contributed by atoms with Gasteiger partial charge in [-0.15, -0.1) is 0 Å². The Hall–Kier alpha value is -0.660. The highest BCUT2D eigenvalue weighted by molar-refractivity contribution is 4.96. The molecule has 1 aliphatic rings. The molecule has 0 saturated heterocycles. The Kier molecular flexibility index (Phi) is 22.2. The van der Waals surface area contributed by atoms with Crippen LogP contribution < -0.4 is 0 Å². The molecule has 1 atom stereocenters. The molecule has 0 saturated carbocycles. The Morgan fingerprint density at radius 3 is 1.12 bits per heavy atom. The van der Waals surface area contributed by atoms with Gasteiger partial charge in [0.05, 0.1) is 0 Å². The first-order valence-corrected chi connectivity index (χ1v) is 16.0. The summed E-state index contributed by atoms with van der Waals surface area (Å²) in [5, 5.41) is 0. The van der Waals surface area contributed by atoms with Gasteiger partial charge in [0.25, 0.3) is 0 Å². The molecule has 0 fully saturated rings. The van der Waals surface area contributed by atoms with Crippen LogP contribution in [-0.2, 0) is 0 Å². The van der Waals surface area contributed by atoms with E-state index in [0.29, 0.717) is 6.17 Å². The third-order valence-electron chi connectivity index (χ3n) is 7.82. The fourth-order valence-corrected chi connectivity index (χ4v) is 5.45. The van der Waals surface area contributed by atoms with Gasteiger partial charge < -0.3 is 9.80 Å². The highest BCUT2D eigenvalue weighted by atomic mass is 15.4. The maximum atomic E-state index is 2.65. The monoisotopic (exact) mass is 477 g/mol. The van der Waals surface area contributed by atoms with Gasteiger partial charge in [-0.05, 0) is 25.7 Å². The number of hydrogen-bond donors (Lipinski definition) is 0. The summed E-state index contributed by atoms with van der Waals surface area (Å²) < 4.78 is 0. The van der Waals surface area contributed by atoms with Gasteiger partial charge in [-0.3, -0.25) is 0 Å². The van der Waals surface area contributed by atoms with Crippen molar-refractivity contribution in [3.05, 3.63) is 12.4 Å². The van der Waals surface area contributed by atoms with Crippen molar-refractivity contribution < 1.29 is 0 Å². The highest BCUT2D eigenvalue weighted by Crippen LogP contribution is 2.23. The van der Waals surface area contributed by atoms with Crippen LogP contribution in [0.2, 0.25) is 0 Å². The molecule has 0 N–H and O–H groups in total. The standard InChI is InChI=1S/C32H64N2/c1-4-7-10-12-13-14-15-16-17-18-19-20-21-22-23-24-25-27-32-33(28-9-6-3)30-31-34(32)29-26-11-8-5-2/h30-32H,4-29H2,1-3H3. The van der Waals surface area contributed by atoms with E-state index < -0.39 is 0 Å². The molecule has 0 aromatic carbocycles. The zero-order valence-corrected chi connectivity index (χ0v) is 24.0. The van der Waals surface area contributed by atoms with Gasteiger partial charge in [-0.1, -0.05) is 149 Å². The molecule has 1 aliphatic heterocycles. The predicted octanol–water partition coefficient (Wildman–Crippen LogP) is 10.8. The molecule has 1 unspecified atom stereocenters. The van der Waals surface area contributed by atoms with Crippen LogP contribution in [0.1, 0.15) is 175 Å². The summed E-state index contributed by atoms with van der Waals surface area (Å²) in [4.78, 5) is 5.29. The third-order valence-corrected chi connectivity index (χ3v) is 7.82. The lowest BCUT2D eigenvalue weighted by Crippen LogP contribution is -2.39. The fraction of sp³-hybridized carbons (Fsp3) is 0.938. The molecule has 1 rings (SSSR count). The third kappa shape index (κ3) is 16.9. The minimum absolute atomic E-state index is 0.643. The Labute approximate surface area is 216 Å². The zero-order valence-electron chi connectivity index (χ0n) is 24.0. The second-order valence-corrected chi connectivity index (χ2v) is 11.1. The van der Waals surface area contributed by atoms with Gasteiger partial charge >= 0.3 is 0 Å². The van der Waals surface area contributed by atoms with E-state index in [2.05, 4.69) is 43.0 Å². The Bertz CT molecular complexity index is 433. The van der Waals surface area contributed by atoms with E-state index in [1.54, 1.807) is 0 Å². The molecule has 0 radical (unpaired) electrons. The van der Waals surface area contributed by atoms with Crippen LogP contribution >= 0.6 is 0 Å².